The van der Waals surface area contributed by atoms with Gasteiger partial charge in [-0.25, -0.2) is 0 Å². The Labute approximate surface area is 162 Å². The average molecular weight is 548 g/mol. The van der Waals surface area contributed by atoms with Crippen LogP contribution in [0.15, 0.2) is 20.3 Å². The maximum atomic E-state index is 2.74. The van der Waals surface area contributed by atoms with Crippen molar-refractivity contribution < 1.29 is 0 Å². The molecular formula is C22H46Sn2. The van der Waals surface area contributed by atoms with Crippen LogP contribution in [0.3, 0.4) is 0 Å². The average Bonchev–Trinajstić information content (AvgIpc) is 2.40. The minimum absolute atomic E-state index is 0.873. The van der Waals surface area contributed by atoms with E-state index in [1.54, 1.807) is 0 Å². The molecule has 0 spiro atoms. The van der Waals surface area contributed by atoms with Gasteiger partial charge >= 0.3 is 164 Å². The molecule has 0 fully saturated rings. The minimum atomic E-state index is -2.29. The van der Waals surface area contributed by atoms with Crippen LogP contribution in [-0.4, -0.2) is 36.8 Å². The summed E-state index contributed by atoms with van der Waals surface area (Å²) in [6, 6.07) is 0. The molecule has 0 aliphatic rings. The van der Waals surface area contributed by atoms with E-state index in [-0.39, 0.29) is 0 Å². The normalized spacial score (nSPS) is 14.9. The topological polar surface area (TPSA) is 0 Å². The number of hydrogen-bond acceptors (Lipinski definition) is 0. The summed E-state index contributed by atoms with van der Waals surface area (Å²) in [5.41, 5.74) is 0. The Kier molecular flexibility index (Phi) is 10.9. The van der Waals surface area contributed by atoms with Crippen molar-refractivity contribution in [3.05, 3.63) is 20.3 Å². The molecule has 0 radical (unpaired) electrons. The first kappa shape index (κ1) is 25.1. The molecule has 0 saturated heterocycles. The molecule has 0 aromatic rings. The first-order valence-corrected chi connectivity index (χ1v) is 23.4. The van der Waals surface area contributed by atoms with Crippen LogP contribution in [0.2, 0.25) is 23.6 Å². The SMILES string of the molecule is C[CH](C)[Sn]([CH]=CC=[CH][Sn]([CH](C)C)([CH](C)C)[CH](C)C)([CH](C)C)[CH](C)C. The van der Waals surface area contributed by atoms with Crippen LogP contribution < -0.4 is 0 Å². The van der Waals surface area contributed by atoms with E-state index in [2.05, 4.69) is 103 Å². The van der Waals surface area contributed by atoms with E-state index in [0.717, 1.165) is 23.6 Å². The van der Waals surface area contributed by atoms with Crippen molar-refractivity contribution in [3.8, 4) is 0 Å². The summed E-state index contributed by atoms with van der Waals surface area (Å²) in [6.45, 7) is 29.7. The van der Waals surface area contributed by atoms with Crippen molar-refractivity contribution in [1.82, 2.24) is 0 Å². The quantitative estimate of drug-likeness (QED) is 0.200. The molecule has 0 aliphatic carbocycles. The molecule has 0 heterocycles. The number of rotatable bonds is 9. The molecule has 0 N–H and O–H groups in total. The van der Waals surface area contributed by atoms with Gasteiger partial charge in [-0.15, -0.1) is 0 Å². The van der Waals surface area contributed by atoms with Gasteiger partial charge in [0.2, 0.25) is 0 Å². The van der Waals surface area contributed by atoms with Gasteiger partial charge in [-0.2, -0.15) is 0 Å². The van der Waals surface area contributed by atoms with Crippen molar-refractivity contribution >= 4 is 36.8 Å². The summed E-state index contributed by atoms with van der Waals surface area (Å²) in [6.07, 6.45) is 4.96. The fourth-order valence-corrected chi connectivity index (χ4v) is 37.6. The van der Waals surface area contributed by atoms with Gasteiger partial charge in [-0.05, 0) is 0 Å². The Hall–Kier alpha value is 1.08. The molecule has 0 aromatic heterocycles. The first-order chi connectivity index (χ1) is 10.9. The van der Waals surface area contributed by atoms with Crippen LogP contribution in [0.4, 0.5) is 0 Å². The van der Waals surface area contributed by atoms with E-state index < -0.39 is 36.8 Å². The summed E-state index contributed by atoms with van der Waals surface area (Å²) >= 11 is -4.57. The van der Waals surface area contributed by atoms with Gasteiger partial charge in [-0.3, -0.25) is 0 Å². The second-order valence-corrected chi connectivity index (χ2v) is 42.7. The fourth-order valence-electron chi connectivity index (χ4n) is 5.60. The van der Waals surface area contributed by atoms with Crippen LogP contribution in [0.1, 0.15) is 83.1 Å². The third-order valence-corrected chi connectivity index (χ3v) is 45.5. The predicted molar refractivity (Wildman–Crippen MR) is 120 cm³/mol. The Morgan fingerprint density at radius 2 is 0.542 bits per heavy atom. The molecule has 0 nitrogen and oxygen atoms in total. The maximum absolute atomic E-state index is 2.74. The van der Waals surface area contributed by atoms with Crippen LogP contribution in [-0.2, 0) is 0 Å². The number of allylic oxidation sites excluding steroid dienone is 2. The molecule has 0 aliphatic heterocycles. The second-order valence-electron chi connectivity index (χ2n) is 9.65. The van der Waals surface area contributed by atoms with E-state index in [1.807, 2.05) is 0 Å². The molecule has 0 bridgehead atoms. The van der Waals surface area contributed by atoms with Crippen molar-refractivity contribution in [2.75, 3.05) is 0 Å². The van der Waals surface area contributed by atoms with Gasteiger partial charge < -0.3 is 0 Å². The van der Waals surface area contributed by atoms with Crippen LogP contribution in [0.5, 0.6) is 0 Å². The zero-order chi connectivity index (χ0) is 19.3. The fraction of sp³-hybridized carbons (Fsp3) is 0.818. The molecule has 0 rings (SSSR count). The van der Waals surface area contributed by atoms with Crippen LogP contribution >= 0.6 is 0 Å². The molecule has 0 aromatic carbocycles. The first-order valence-electron chi connectivity index (χ1n) is 10.2. The summed E-state index contributed by atoms with van der Waals surface area (Å²) in [5.74, 6) is 0. The van der Waals surface area contributed by atoms with Crippen LogP contribution in [0.25, 0.3) is 0 Å². The third-order valence-electron chi connectivity index (χ3n) is 6.88. The van der Waals surface area contributed by atoms with Gasteiger partial charge in [0, 0.05) is 0 Å². The Morgan fingerprint density at radius 1 is 0.375 bits per heavy atom. The Morgan fingerprint density at radius 3 is 0.667 bits per heavy atom. The molecular weight excluding hydrogens is 502 g/mol. The molecule has 0 unspecified atom stereocenters. The van der Waals surface area contributed by atoms with Crippen molar-refractivity contribution in [2.24, 2.45) is 0 Å². The van der Waals surface area contributed by atoms with Gasteiger partial charge in [0.1, 0.15) is 0 Å². The predicted octanol–water partition coefficient (Wildman–Crippen LogP) is 8.53. The van der Waals surface area contributed by atoms with Crippen molar-refractivity contribution in [2.45, 2.75) is 107 Å². The molecule has 0 atom stereocenters. The van der Waals surface area contributed by atoms with Gasteiger partial charge in [-0.1, -0.05) is 0 Å². The molecule has 0 saturated carbocycles. The third kappa shape index (κ3) is 5.30. The van der Waals surface area contributed by atoms with E-state index in [9.17, 15) is 0 Å². The Bertz CT molecular complexity index is 328. The van der Waals surface area contributed by atoms with E-state index in [4.69, 9.17) is 0 Å². The zero-order valence-electron chi connectivity index (χ0n) is 18.8. The van der Waals surface area contributed by atoms with Crippen molar-refractivity contribution in [1.29, 1.82) is 0 Å². The summed E-state index contributed by atoms with van der Waals surface area (Å²) in [7, 11) is 0. The summed E-state index contributed by atoms with van der Waals surface area (Å²) in [4.78, 5) is 0. The second kappa shape index (κ2) is 10.4. The Balaban J connectivity index is 5.73. The number of hydrogen-bond donors (Lipinski definition) is 0. The van der Waals surface area contributed by atoms with Gasteiger partial charge in [0.25, 0.3) is 0 Å². The molecule has 24 heavy (non-hydrogen) atoms. The van der Waals surface area contributed by atoms with Crippen LogP contribution in [0, 0.1) is 0 Å². The van der Waals surface area contributed by atoms with Crippen molar-refractivity contribution in [3.63, 3.8) is 0 Å². The zero-order valence-corrected chi connectivity index (χ0v) is 24.5. The molecule has 0 amide bonds. The standard InChI is InChI=1S/C4H4.6C3H7.2Sn/c1-3-4-2;6*1-3-2;;/h1-4H;6*3H,1-2H3;;. The molecule has 142 valence electrons. The van der Waals surface area contributed by atoms with E-state index in [0.29, 0.717) is 0 Å². The molecule has 2 heteroatoms. The van der Waals surface area contributed by atoms with Gasteiger partial charge in [0.05, 0.1) is 0 Å². The summed E-state index contributed by atoms with van der Waals surface area (Å²) < 4.78 is 10.7. The van der Waals surface area contributed by atoms with Gasteiger partial charge in [0.15, 0.2) is 0 Å². The monoisotopic (exact) mass is 550 g/mol. The van der Waals surface area contributed by atoms with E-state index in [1.165, 1.54) is 0 Å². The summed E-state index contributed by atoms with van der Waals surface area (Å²) in [5, 5.41) is 0. The van der Waals surface area contributed by atoms with E-state index >= 15 is 0 Å².